The first-order valence-corrected chi connectivity index (χ1v) is 12.2. The van der Waals surface area contributed by atoms with Gasteiger partial charge in [0.25, 0.3) is 5.91 Å². The van der Waals surface area contributed by atoms with Crippen molar-refractivity contribution in [1.29, 1.82) is 0 Å². The summed E-state index contributed by atoms with van der Waals surface area (Å²) in [6, 6.07) is 2.88. The van der Waals surface area contributed by atoms with Crippen LogP contribution in [0.3, 0.4) is 0 Å². The van der Waals surface area contributed by atoms with Crippen LogP contribution in [0.15, 0.2) is 24.5 Å². The molecule has 0 spiro atoms. The summed E-state index contributed by atoms with van der Waals surface area (Å²) in [6.45, 7) is 0.751. The number of aryl methyl sites for hydroxylation is 1. The van der Waals surface area contributed by atoms with Gasteiger partial charge in [-0.1, -0.05) is 6.07 Å². The summed E-state index contributed by atoms with van der Waals surface area (Å²) < 4.78 is 18.0. The van der Waals surface area contributed by atoms with Crippen LogP contribution < -0.4 is 5.73 Å². The number of pyridine rings is 1. The molecule has 0 radical (unpaired) electrons. The number of likely N-dealkylation sites (tertiary alicyclic amines) is 1. The molecule has 4 N–H and O–H groups in total. The second kappa shape index (κ2) is 12.2. The minimum atomic E-state index is -4.00. The van der Waals surface area contributed by atoms with Crippen molar-refractivity contribution in [3.63, 3.8) is 0 Å². The van der Waals surface area contributed by atoms with Crippen molar-refractivity contribution < 1.29 is 28.7 Å². The standard InChI is InChI=1S/C20H32N3O6P/c21-11-3-1-10-18(19(24)23-13-6-9-17(23)20(25)26)29-30(27,28)14-4-2-7-16-8-5-12-22-15-16/h5,8,12,15,17-18H,1-4,6-7,9-11,13-14,21H2,(H,25,26)(H,27,28)/t17-,18-/m0/s1. The molecule has 0 aliphatic carbocycles. The van der Waals surface area contributed by atoms with E-state index in [-0.39, 0.29) is 12.6 Å². The summed E-state index contributed by atoms with van der Waals surface area (Å²) in [4.78, 5) is 39.9. The molecule has 1 unspecified atom stereocenters. The maximum atomic E-state index is 12.9. The summed E-state index contributed by atoms with van der Waals surface area (Å²) >= 11 is 0. The van der Waals surface area contributed by atoms with E-state index in [0.717, 1.165) is 12.0 Å². The molecule has 0 aromatic carbocycles. The molecule has 1 aromatic heterocycles. The van der Waals surface area contributed by atoms with Crippen molar-refractivity contribution in [3.8, 4) is 0 Å². The van der Waals surface area contributed by atoms with Crippen LogP contribution in [0.25, 0.3) is 0 Å². The summed E-state index contributed by atoms with van der Waals surface area (Å²) in [6.07, 6.45) is 6.56. The second-order valence-corrected chi connectivity index (χ2v) is 9.52. The number of nitrogens with zero attached hydrogens (tertiary/aromatic N) is 2. The lowest BCUT2D eigenvalue weighted by Crippen LogP contribution is -2.46. The monoisotopic (exact) mass is 441 g/mol. The Bertz CT molecular complexity index is 733. The quantitative estimate of drug-likeness (QED) is 0.312. The molecule has 1 fully saturated rings. The lowest BCUT2D eigenvalue weighted by atomic mass is 10.1. The molecule has 30 heavy (non-hydrogen) atoms. The molecule has 9 nitrogen and oxygen atoms in total. The molecular weight excluding hydrogens is 409 g/mol. The van der Waals surface area contributed by atoms with E-state index in [1.54, 1.807) is 12.4 Å². The fraction of sp³-hybridized carbons (Fsp3) is 0.650. The number of carboxylic acid groups (broad SMARTS) is 1. The first-order chi connectivity index (χ1) is 14.3. The highest BCUT2D eigenvalue weighted by Gasteiger charge is 2.39. The largest absolute Gasteiger partial charge is 0.480 e. The van der Waals surface area contributed by atoms with Crippen LogP contribution in [0, 0.1) is 0 Å². The van der Waals surface area contributed by atoms with Gasteiger partial charge in [-0.2, -0.15) is 0 Å². The predicted octanol–water partition coefficient (Wildman–Crippen LogP) is 2.18. The normalized spacial score (nSPS) is 19.4. The average molecular weight is 441 g/mol. The third kappa shape index (κ3) is 7.80. The third-order valence-corrected chi connectivity index (χ3v) is 6.65. The number of carbonyl (C=O) groups is 2. The number of carbonyl (C=O) groups excluding carboxylic acids is 1. The van der Waals surface area contributed by atoms with Crippen LogP contribution in [0.2, 0.25) is 0 Å². The van der Waals surface area contributed by atoms with Gasteiger partial charge in [0.1, 0.15) is 12.1 Å². The molecule has 1 saturated heterocycles. The molecule has 1 aromatic rings. The van der Waals surface area contributed by atoms with E-state index >= 15 is 0 Å². The molecule has 2 rings (SSSR count). The van der Waals surface area contributed by atoms with Crippen molar-refractivity contribution in [2.24, 2.45) is 5.73 Å². The Balaban J connectivity index is 1.93. The van der Waals surface area contributed by atoms with Gasteiger partial charge in [-0.25, -0.2) is 4.79 Å². The van der Waals surface area contributed by atoms with Gasteiger partial charge in [0.15, 0.2) is 0 Å². The van der Waals surface area contributed by atoms with Gasteiger partial charge in [-0.3, -0.25) is 18.9 Å². The zero-order valence-electron chi connectivity index (χ0n) is 17.2. The molecule has 0 bridgehead atoms. The second-order valence-electron chi connectivity index (χ2n) is 7.59. The zero-order valence-corrected chi connectivity index (χ0v) is 18.1. The molecule has 1 aliphatic rings. The molecular formula is C20H32N3O6P. The van der Waals surface area contributed by atoms with E-state index < -0.39 is 31.6 Å². The van der Waals surface area contributed by atoms with Crippen molar-refractivity contribution in [2.45, 2.75) is 63.5 Å². The molecule has 3 atom stereocenters. The van der Waals surface area contributed by atoms with E-state index in [4.69, 9.17) is 10.3 Å². The Morgan fingerprint density at radius 1 is 1.33 bits per heavy atom. The Labute approximate surface area is 177 Å². The van der Waals surface area contributed by atoms with Crippen molar-refractivity contribution in [1.82, 2.24) is 9.88 Å². The van der Waals surface area contributed by atoms with Crippen LogP contribution in [0.5, 0.6) is 0 Å². The van der Waals surface area contributed by atoms with Crippen LogP contribution in [0.1, 0.15) is 50.5 Å². The van der Waals surface area contributed by atoms with Gasteiger partial charge < -0.3 is 20.6 Å². The number of aliphatic carboxylic acids is 1. The maximum Gasteiger partial charge on any atom is 0.328 e. The molecule has 168 valence electrons. The highest BCUT2D eigenvalue weighted by Crippen LogP contribution is 2.45. The molecule has 0 saturated carbocycles. The highest BCUT2D eigenvalue weighted by atomic mass is 31.2. The predicted molar refractivity (Wildman–Crippen MR) is 112 cm³/mol. The van der Waals surface area contributed by atoms with E-state index in [1.807, 2.05) is 12.1 Å². The highest BCUT2D eigenvalue weighted by molar-refractivity contribution is 7.52. The summed E-state index contributed by atoms with van der Waals surface area (Å²) in [7, 11) is -4.00. The Hall–Kier alpha value is -1.80. The summed E-state index contributed by atoms with van der Waals surface area (Å²) in [5.74, 6) is -1.59. The number of unbranched alkanes of at least 4 members (excludes halogenated alkanes) is 2. The van der Waals surface area contributed by atoms with Crippen LogP contribution in [-0.4, -0.2) is 63.2 Å². The first-order valence-electron chi connectivity index (χ1n) is 10.5. The maximum absolute atomic E-state index is 12.9. The number of hydrogen-bond acceptors (Lipinski definition) is 6. The Morgan fingerprint density at radius 2 is 2.13 bits per heavy atom. The first kappa shape index (κ1) is 24.5. The number of rotatable bonds is 13. The van der Waals surface area contributed by atoms with E-state index in [0.29, 0.717) is 51.6 Å². The third-order valence-electron chi connectivity index (χ3n) is 5.19. The van der Waals surface area contributed by atoms with Crippen LogP contribution in [0.4, 0.5) is 0 Å². The number of hydrogen-bond donors (Lipinski definition) is 3. The van der Waals surface area contributed by atoms with Crippen molar-refractivity contribution >= 4 is 19.5 Å². The smallest absolute Gasteiger partial charge is 0.328 e. The van der Waals surface area contributed by atoms with E-state index in [2.05, 4.69) is 4.98 Å². The topological polar surface area (TPSA) is 143 Å². The van der Waals surface area contributed by atoms with Gasteiger partial charge in [0.2, 0.25) is 0 Å². The minimum absolute atomic E-state index is 0.0592. The van der Waals surface area contributed by atoms with Gasteiger partial charge in [-0.15, -0.1) is 0 Å². The van der Waals surface area contributed by atoms with Crippen LogP contribution in [-0.2, 0) is 25.1 Å². The summed E-state index contributed by atoms with van der Waals surface area (Å²) in [5, 5.41) is 9.34. The van der Waals surface area contributed by atoms with Crippen LogP contribution >= 0.6 is 7.60 Å². The van der Waals surface area contributed by atoms with E-state index in [9.17, 15) is 24.2 Å². The zero-order chi connectivity index (χ0) is 22.0. The lowest BCUT2D eigenvalue weighted by molar-refractivity contribution is -0.151. The molecule has 2 heterocycles. The molecule has 1 amide bonds. The number of carboxylic acids is 1. The average Bonchev–Trinajstić information content (AvgIpc) is 3.21. The van der Waals surface area contributed by atoms with Crippen molar-refractivity contribution in [3.05, 3.63) is 30.1 Å². The fourth-order valence-corrected chi connectivity index (χ4v) is 4.93. The summed E-state index contributed by atoms with van der Waals surface area (Å²) in [5.41, 5.74) is 6.56. The SMILES string of the molecule is NCCCC[C@H](OP(=O)(O)CCCCc1cccnc1)C(=O)N1CCC[C@H]1C(=O)O. The van der Waals surface area contributed by atoms with Gasteiger partial charge in [0, 0.05) is 18.9 Å². The Kier molecular flexibility index (Phi) is 9.91. The fourth-order valence-electron chi connectivity index (χ4n) is 3.61. The Morgan fingerprint density at radius 3 is 2.80 bits per heavy atom. The van der Waals surface area contributed by atoms with E-state index in [1.165, 1.54) is 4.90 Å². The molecule has 1 aliphatic heterocycles. The van der Waals surface area contributed by atoms with Gasteiger partial charge in [-0.05, 0) is 69.5 Å². The molecule has 10 heteroatoms. The van der Waals surface area contributed by atoms with Gasteiger partial charge >= 0.3 is 13.6 Å². The lowest BCUT2D eigenvalue weighted by Gasteiger charge is -2.28. The minimum Gasteiger partial charge on any atom is -0.480 e. The van der Waals surface area contributed by atoms with Gasteiger partial charge in [0.05, 0.1) is 6.16 Å². The number of aromatic nitrogens is 1. The number of amides is 1. The number of nitrogens with two attached hydrogens (primary N) is 1. The van der Waals surface area contributed by atoms with Crippen molar-refractivity contribution in [2.75, 3.05) is 19.3 Å².